The van der Waals surface area contributed by atoms with Gasteiger partial charge in [0.05, 0.1) is 29.5 Å². The summed E-state index contributed by atoms with van der Waals surface area (Å²) in [5.41, 5.74) is 1.01. The Morgan fingerprint density at radius 3 is 2.41 bits per heavy atom. The first-order valence-electron chi connectivity index (χ1n) is 10.8. The fraction of sp³-hybridized carbons (Fsp3) is 0.250. The van der Waals surface area contributed by atoms with Gasteiger partial charge in [-0.05, 0) is 48.5 Å². The van der Waals surface area contributed by atoms with Crippen LogP contribution in [0.1, 0.15) is 30.0 Å². The van der Waals surface area contributed by atoms with Crippen molar-refractivity contribution in [2.75, 3.05) is 25.1 Å². The van der Waals surface area contributed by atoms with Gasteiger partial charge in [-0.1, -0.05) is 31.3 Å². The monoisotopic (exact) mass is 499 g/mol. The Labute approximate surface area is 202 Å². The summed E-state index contributed by atoms with van der Waals surface area (Å²) >= 11 is 1.37. The SMILES string of the molecule is CCN(CC)S(=O)(=O)c1ccc(C(=O)N(Cc2ccco2)c2nc3c(OC)cccc3s2)cc1. The minimum absolute atomic E-state index is 0.148. The van der Waals surface area contributed by atoms with Crippen LogP contribution in [0, 0.1) is 0 Å². The quantitative estimate of drug-likeness (QED) is 0.329. The average Bonchev–Trinajstić information content (AvgIpc) is 3.52. The molecule has 0 unspecified atom stereocenters. The fourth-order valence-electron chi connectivity index (χ4n) is 3.61. The first-order chi connectivity index (χ1) is 16.4. The number of methoxy groups -OCH3 is 1. The number of hydrogen-bond acceptors (Lipinski definition) is 7. The van der Waals surface area contributed by atoms with Crippen LogP contribution in [0.5, 0.6) is 5.75 Å². The zero-order valence-electron chi connectivity index (χ0n) is 19.1. The minimum Gasteiger partial charge on any atom is -0.494 e. The van der Waals surface area contributed by atoms with Gasteiger partial charge in [0, 0.05) is 18.7 Å². The molecule has 0 bridgehead atoms. The van der Waals surface area contributed by atoms with Crippen LogP contribution in [0.4, 0.5) is 5.13 Å². The van der Waals surface area contributed by atoms with Crippen molar-refractivity contribution < 1.29 is 22.4 Å². The normalized spacial score (nSPS) is 11.8. The maximum Gasteiger partial charge on any atom is 0.260 e. The van der Waals surface area contributed by atoms with Crippen molar-refractivity contribution in [3.63, 3.8) is 0 Å². The molecule has 0 aliphatic heterocycles. The molecule has 0 aliphatic rings. The number of hydrogen-bond donors (Lipinski definition) is 0. The summed E-state index contributed by atoms with van der Waals surface area (Å²) in [6.45, 7) is 4.50. The van der Waals surface area contributed by atoms with Gasteiger partial charge in [0.15, 0.2) is 5.13 Å². The molecular formula is C24H25N3O5S2. The molecule has 2 aromatic heterocycles. The number of nitrogens with zero attached hydrogens (tertiary/aromatic N) is 3. The molecule has 0 spiro atoms. The second-order valence-electron chi connectivity index (χ2n) is 7.39. The van der Waals surface area contributed by atoms with Crippen LogP contribution in [0.25, 0.3) is 10.2 Å². The molecule has 10 heteroatoms. The summed E-state index contributed by atoms with van der Waals surface area (Å²) in [7, 11) is -2.04. The van der Waals surface area contributed by atoms with E-state index in [1.54, 1.807) is 39.4 Å². The van der Waals surface area contributed by atoms with Crippen LogP contribution >= 0.6 is 11.3 Å². The second-order valence-corrected chi connectivity index (χ2v) is 10.3. The summed E-state index contributed by atoms with van der Waals surface area (Å²) < 4.78 is 38.8. The van der Waals surface area contributed by atoms with Crippen LogP contribution in [0.2, 0.25) is 0 Å². The van der Waals surface area contributed by atoms with Gasteiger partial charge >= 0.3 is 0 Å². The Balaban J connectivity index is 1.71. The largest absolute Gasteiger partial charge is 0.494 e. The van der Waals surface area contributed by atoms with Gasteiger partial charge in [0.1, 0.15) is 17.0 Å². The number of furan rings is 1. The van der Waals surface area contributed by atoms with E-state index < -0.39 is 10.0 Å². The lowest BCUT2D eigenvalue weighted by Gasteiger charge is -2.20. The van der Waals surface area contributed by atoms with Crippen molar-refractivity contribution in [2.45, 2.75) is 25.3 Å². The number of aromatic nitrogens is 1. The fourth-order valence-corrected chi connectivity index (χ4v) is 6.05. The van der Waals surface area contributed by atoms with E-state index in [1.807, 2.05) is 18.2 Å². The van der Waals surface area contributed by atoms with Crippen molar-refractivity contribution in [3.8, 4) is 5.75 Å². The van der Waals surface area contributed by atoms with E-state index in [4.69, 9.17) is 9.15 Å². The molecule has 0 radical (unpaired) electrons. The second kappa shape index (κ2) is 9.96. The average molecular weight is 500 g/mol. The highest BCUT2D eigenvalue weighted by Gasteiger charge is 2.25. The standard InChI is InChI=1S/C24H25N3O5S2/c1-4-26(5-2)34(29,30)19-13-11-17(12-14-19)23(28)27(16-18-8-7-15-32-18)24-25-22-20(31-3)9-6-10-21(22)33-24/h6-15H,4-5,16H2,1-3H3. The Morgan fingerprint density at radius 2 is 1.79 bits per heavy atom. The van der Waals surface area contributed by atoms with Crippen molar-refractivity contribution >= 4 is 42.6 Å². The predicted octanol–water partition coefficient (Wildman–Crippen LogP) is 4.78. The highest BCUT2D eigenvalue weighted by Crippen LogP contribution is 2.35. The number of anilines is 1. The summed E-state index contributed by atoms with van der Waals surface area (Å²) in [5.74, 6) is 0.901. The molecule has 4 aromatic rings. The van der Waals surface area contributed by atoms with E-state index >= 15 is 0 Å². The predicted molar refractivity (Wildman–Crippen MR) is 132 cm³/mol. The molecule has 0 fully saturated rings. The number of para-hydroxylation sites is 1. The first-order valence-corrected chi connectivity index (χ1v) is 13.0. The van der Waals surface area contributed by atoms with E-state index in [2.05, 4.69) is 4.98 Å². The van der Waals surface area contributed by atoms with Crippen LogP contribution < -0.4 is 9.64 Å². The minimum atomic E-state index is -3.61. The third kappa shape index (κ3) is 4.56. The number of benzene rings is 2. The van der Waals surface area contributed by atoms with Gasteiger partial charge in [-0.25, -0.2) is 13.4 Å². The molecule has 0 atom stereocenters. The van der Waals surface area contributed by atoms with Crippen LogP contribution in [-0.2, 0) is 16.6 Å². The highest BCUT2D eigenvalue weighted by molar-refractivity contribution is 7.89. The number of carbonyl (C=O) groups excluding carboxylic acids is 1. The zero-order chi connectivity index (χ0) is 24.3. The molecule has 0 saturated carbocycles. The molecule has 8 nitrogen and oxygen atoms in total. The van der Waals surface area contributed by atoms with Crippen molar-refractivity contribution in [2.24, 2.45) is 0 Å². The smallest absolute Gasteiger partial charge is 0.260 e. The molecule has 178 valence electrons. The Bertz CT molecular complexity index is 1380. The van der Waals surface area contributed by atoms with E-state index in [0.717, 1.165) is 4.70 Å². The lowest BCUT2D eigenvalue weighted by atomic mass is 10.2. The summed E-state index contributed by atoms with van der Waals surface area (Å²) in [6, 6.07) is 15.1. The summed E-state index contributed by atoms with van der Waals surface area (Å²) in [4.78, 5) is 19.9. The molecule has 4 rings (SSSR count). The molecule has 2 heterocycles. The van der Waals surface area contributed by atoms with Crippen LogP contribution in [0.3, 0.4) is 0 Å². The molecule has 0 N–H and O–H groups in total. The van der Waals surface area contributed by atoms with Gasteiger partial charge in [-0.15, -0.1) is 0 Å². The molecule has 1 amide bonds. The molecule has 0 saturated heterocycles. The zero-order valence-corrected chi connectivity index (χ0v) is 20.7. The molecule has 0 aliphatic carbocycles. The van der Waals surface area contributed by atoms with E-state index in [-0.39, 0.29) is 17.3 Å². The van der Waals surface area contributed by atoms with E-state index in [1.165, 1.54) is 44.8 Å². The number of sulfonamides is 1. The third-order valence-electron chi connectivity index (χ3n) is 5.41. The maximum atomic E-state index is 13.6. The van der Waals surface area contributed by atoms with Gasteiger partial charge in [0.2, 0.25) is 10.0 Å². The van der Waals surface area contributed by atoms with E-state index in [9.17, 15) is 13.2 Å². The summed E-state index contributed by atoms with van der Waals surface area (Å²) in [5, 5.41) is 0.487. The number of fused-ring (bicyclic) bond motifs is 1. The van der Waals surface area contributed by atoms with E-state index in [0.29, 0.717) is 40.8 Å². The topological polar surface area (TPSA) is 93.0 Å². The lowest BCUT2D eigenvalue weighted by Crippen LogP contribution is -2.31. The van der Waals surface area contributed by atoms with Crippen LogP contribution in [-0.4, -0.2) is 43.8 Å². The number of carbonyl (C=O) groups is 1. The maximum absolute atomic E-state index is 13.6. The number of amides is 1. The van der Waals surface area contributed by atoms with Crippen molar-refractivity contribution in [1.29, 1.82) is 0 Å². The molecule has 2 aromatic carbocycles. The van der Waals surface area contributed by atoms with Gasteiger partial charge in [-0.3, -0.25) is 9.69 Å². The van der Waals surface area contributed by atoms with Crippen LogP contribution in [0.15, 0.2) is 70.2 Å². The van der Waals surface area contributed by atoms with Crippen molar-refractivity contribution in [1.82, 2.24) is 9.29 Å². The Morgan fingerprint density at radius 1 is 1.06 bits per heavy atom. The number of thiazole rings is 1. The highest BCUT2D eigenvalue weighted by atomic mass is 32.2. The molecular weight excluding hydrogens is 474 g/mol. The Hall–Kier alpha value is -3.21. The van der Waals surface area contributed by atoms with Gasteiger partial charge in [0.25, 0.3) is 5.91 Å². The number of ether oxygens (including phenoxy) is 1. The molecule has 34 heavy (non-hydrogen) atoms. The van der Waals surface area contributed by atoms with Gasteiger partial charge in [-0.2, -0.15) is 4.31 Å². The first kappa shape index (κ1) is 23.9. The van der Waals surface area contributed by atoms with Crippen molar-refractivity contribution in [3.05, 3.63) is 72.2 Å². The summed E-state index contributed by atoms with van der Waals surface area (Å²) in [6.07, 6.45) is 1.55. The third-order valence-corrected chi connectivity index (χ3v) is 8.51. The lowest BCUT2D eigenvalue weighted by molar-refractivity contribution is 0.0983. The Kier molecular flexibility index (Phi) is 7.01. The van der Waals surface area contributed by atoms with Gasteiger partial charge < -0.3 is 9.15 Å². The number of rotatable bonds is 9.